The van der Waals surface area contributed by atoms with Crippen LogP contribution in [0.4, 0.5) is 0 Å². The molecule has 0 atom stereocenters. The van der Waals surface area contributed by atoms with E-state index in [-0.39, 0.29) is 0 Å². The SMILES string of the molecule is C=CCc1ccccc1-c1ccccc1.O=P. The minimum atomic E-state index is 0.922. The van der Waals surface area contributed by atoms with Crippen LogP contribution < -0.4 is 0 Å². The first-order valence-electron chi connectivity index (χ1n) is 5.36. The molecule has 0 aliphatic rings. The Labute approximate surface area is 104 Å². The van der Waals surface area contributed by atoms with Gasteiger partial charge in [0.25, 0.3) is 0 Å². The van der Waals surface area contributed by atoms with Crippen LogP contribution in [0.3, 0.4) is 0 Å². The van der Waals surface area contributed by atoms with E-state index in [9.17, 15) is 0 Å². The Morgan fingerprint density at radius 2 is 1.53 bits per heavy atom. The van der Waals surface area contributed by atoms with Gasteiger partial charge in [-0.2, -0.15) is 0 Å². The molecule has 2 aromatic rings. The normalized spacial score (nSPS) is 8.94. The lowest BCUT2D eigenvalue weighted by Crippen LogP contribution is -1.86. The number of rotatable bonds is 3. The van der Waals surface area contributed by atoms with Crippen molar-refractivity contribution in [1.29, 1.82) is 0 Å². The van der Waals surface area contributed by atoms with Gasteiger partial charge in [0.15, 0.2) is 0 Å². The standard InChI is InChI=1S/C15H14.HOP/c1-2-8-13-11-6-7-12-15(13)14-9-4-3-5-10-14;1-2/h2-7,9-12H,1,8H2;2H. The second kappa shape index (κ2) is 7.54. The summed E-state index contributed by atoms with van der Waals surface area (Å²) in [4.78, 5) is 0. The largest absolute Gasteiger partial charge is 0.279 e. The number of hydrogen-bond acceptors (Lipinski definition) is 1. The van der Waals surface area contributed by atoms with Crippen molar-refractivity contribution < 1.29 is 4.57 Å². The Kier molecular flexibility index (Phi) is 5.92. The average Bonchev–Trinajstić information content (AvgIpc) is 2.43. The van der Waals surface area contributed by atoms with Crippen LogP contribution in [-0.4, -0.2) is 0 Å². The molecule has 17 heavy (non-hydrogen) atoms. The van der Waals surface area contributed by atoms with Crippen LogP contribution in [0.5, 0.6) is 0 Å². The van der Waals surface area contributed by atoms with Crippen LogP contribution in [0.25, 0.3) is 11.1 Å². The highest BCUT2D eigenvalue weighted by Crippen LogP contribution is 2.23. The third kappa shape index (κ3) is 3.65. The fourth-order valence-corrected chi connectivity index (χ4v) is 1.75. The van der Waals surface area contributed by atoms with Crippen molar-refractivity contribution in [2.45, 2.75) is 6.42 Å². The van der Waals surface area contributed by atoms with Gasteiger partial charge in [0.05, 0.1) is 0 Å². The zero-order chi connectivity index (χ0) is 12.5. The number of allylic oxidation sites excluding steroid dienone is 1. The van der Waals surface area contributed by atoms with Crippen LogP contribution in [0.1, 0.15) is 5.56 Å². The summed E-state index contributed by atoms with van der Waals surface area (Å²) in [6.07, 6.45) is 2.87. The fourth-order valence-electron chi connectivity index (χ4n) is 1.75. The van der Waals surface area contributed by atoms with Gasteiger partial charge in [0.2, 0.25) is 0 Å². The molecule has 0 saturated heterocycles. The zero-order valence-corrected chi connectivity index (χ0v) is 10.6. The summed E-state index contributed by atoms with van der Waals surface area (Å²) >= 11 is 0. The molecule has 0 radical (unpaired) electrons. The van der Waals surface area contributed by atoms with Crippen molar-refractivity contribution in [3.05, 3.63) is 72.8 Å². The average molecular weight is 242 g/mol. The highest BCUT2D eigenvalue weighted by Gasteiger charge is 2.01. The van der Waals surface area contributed by atoms with Crippen LogP contribution in [0.15, 0.2) is 67.3 Å². The van der Waals surface area contributed by atoms with Crippen molar-refractivity contribution in [2.75, 3.05) is 0 Å². The summed E-state index contributed by atoms with van der Waals surface area (Å²) in [5.74, 6) is 0. The minimum Gasteiger partial charge on any atom is -0.279 e. The molecule has 0 fully saturated rings. The molecule has 1 nitrogen and oxygen atoms in total. The lowest BCUT2D eigenvalue weighted by atomic mass is 9.98. The molecule has 0 amide bonds. The third-order valence-corrected chi connectivity index (χ3v) is 2.47. The molecule has 2 heteroatoms. The smallest absolute Gasteiger partial charge is 0.138 e. The van der Waals surface area contributed by atoms with Gasteiger partial charge in [0.1, 0.15) is 9.12 Å². The Bertz CT molecular complexity index is 465. The van der Waals surface area contributed by atoms with Gasteiger partial charge in [-0.15, -0.1) is 6.58 Å². The summed E-state index contributed by atoms with van der Waals surface area (Å²) in [5, 5.41) is 0. The zero-order valence-electron chi connectivity index (χ0n) is 9.60. The van der Waals surface area contributed by atoms with E-state index in [1.54, 1.807) is 9.12 Å². The van der Waals surface area contributed by atoms with Crippen LogP contribution in [0, 0.1) is 0 Å². The van der Waals surface area contributed by atoms with Gasteiger partial charge in [-0.05, 0) is 23.1 Å². The van der Waals surface area contributed by atoms with E-state index in [0.717, 1.165) is 6.42 Å². The number of benzene rings is 2. The van der Waals surface area contributed by atoms with E-state index in [4.69, 9.17) is 4.57 Å². The van der Waals surface area contributed by atoms with Crippen LogP contribution in [0.2, 0.25) is 0 Å². The van der Waals surface area contributed by atoms with Crippen molar-refractivity contribution in [2.24, 2.45) is 0 Å². The first kappa shape index (κ1) is 13.3. The molecule has 0 aromatic heterocycles. The second-order valence-corrected chi connectivity index (χ2v) is 3.52. The van der Waals surface area contributed by atoms with E-state index in [1.807, 2.05) is 12.1 Å². The van der Waals surface area contributed by atoms with E-state index in [0.29, 0.717) is 0 Å². The highest BCUT2D eigenvalue weighted by atomic mass is 31.0. The molecule has 86 valence electrons. The molecule has 0 aliphatic carbocycles. The summed E-state index contributed by atoms with van der Waals surface area (Å²) in [5.41, 5.74) is 3.91. The number of hydrogen-bond donors (Lipinski definition) is 0. The van der Waals surface area contributed by atoms with Crippen molar-refractivity contribution in [1.82, 2.24) is 0 Å². The highest BCUT2D eigenvalue weighted by molar-refractivity contribution is 7.00. The van der Waals surface area contributed by atoms with E-state index >= 15 is 0 Å². The van der Waals surface area contributed by atoms with Crippen molar-refractivity contribution in [3.8, 4) is 11.1 Å². The van der Waals surface area contributed by atoms with Crippen LogP contribution in [-0.2, 0) is 11.0 Å². The van der Waals surface area contributed by atoms with Crippen LogP contribution >= 0.6 is 9.12 Å². The first-order valence-corrected chi connectivity index (χ1v) is 5.77. The molecule has 0 spiro atoms. The molecule has 0 bridgehead atoms. The van der Waals surface area contributed by atoms with E-state index in [1.165, 1.54) is 16.7 Å². The quantitative estimate of drug-likeness (QED) is 0.569. The van der Waals surface area contributed by atoms with Gasteiger partial charge in [-0.25, -0.2) is 0 Å². The van der Waals surface area contributed by atoms with Gasteiger partial charge in [-0.3, -0.25) is 4.57 Å². The second-order valence-electron chi connectivity index (χ2n) is 3.52. The molecular formula is C15H15OP. The minimum absolute atomic E-state index is 0.922. The molecule has 0 aliphatic heterocycles. The maximum absolute atomic E-state index is 8.06. The third-order valence-electron chi connectivity index (χ3n) is 2.47. The van der Waals surface area contributed by atoms with E-state index < -0.39 is 0 Å². The Balaban J connectivity index is 0.000000686. The Morgan fingerprint density at radius 3 is 2.18 bits per heavy atom. The topological polar surface area (TPSA) is 17.1 Å². The lowest BCUT2D eigenvalue weighted by Gasteiger charge is -2.07. The molecule has 0 heterocycles. The van der Waals surface area contributed by atoms with Gasteiger partial charge in [-0.1, -0.05) is 60.7 Å². The molecule has 0 N–H and O–H groups in total. The summed E-state index contributed by atoms with van der Waals surface area (Å²) in [7, 11) is 1.72. The monoisotopic (exact) mass is 242 g/mol. The molecular weight excluding hydrogens is 227 g/mol. The van der Waals surface area contributed by atoms with Gasteiger partial charge >= 0.3 is 0 Å². The van der Waals surface area contributed by atoms with E-state index in [2.05, 4.69) is 55.1 Å². The van der Waals surface area contributed by atoms with Crippen molar-refractivity contribution >= 4 is 9.12 Å². The lowest BCUT2D eigenvalue weighted by molar-refractivity contribution is 0.607. The molecule has 2 rings (SSSR count). The van der Waals surface area contributed by atoms with Gasteiger partial charge in [0, 0.05) is 0 Å². The van der Waals surface area contributed by atoms with Gasteiger partial charge < -0.3 is 0 Å². The maximum Gasteiger partial charge on any atom is 0.138 e. The Hall–Kier alpha value is -1.72. The summed E-state index contributed by atoms with van der Waals surface area (Å²) in [6, 6.07) is 18.9. The Morgan fingerprint density at radius 1 is 0.941 bits per heavy atom. The molecule has 0 unspecified atom stereocenters. The molecule has 0 saturated carbocycles. The fraction of sp³-hybridized carbons (Fsp3) is 0.0667. The predicted molar refractivity (Wildman–Crippen MR) is 74.8 cm³/mol. The molecule has 2 aromatic carbocycles. The summed E-state index contributed by atoms with van der Waals surface area (Å²) < 4.78 is 8.06. The van der Waals surface area contributed by atoms with Crippen molar-refractivity contribution in [3.63, 3.8) is 0 Å². The summed E-state index contributed by atoms with van der Waals surface area (Å²) in [6.45, 7) is 3.79. The first-order chi connectivity index (χ1) is 8.42. The maximum atomic E-state index is 8.06. The predicted octanol–water partition coefficient (Wildman–Crippen LogP) is 4.56.